The van der Waals surface area contributed by atoms with Gasteiger partial charge in [-0.1, -0.05) is 12.1 Å². The molecule has 1 aromatic carbocycles. The van der Waals surface area contributed by atoms with Crippen LogP contribution in [0.5, 0.6) is 0 Å². The quantitative estimate of drug-likeness (QED) is 0.665. The van der Waals surface area contributed by atoms with Crippen molar-refractivity contribution in [1.29, 1.82) is 0 Å². The van der Waals surface area contributed by atoms with Gasteiger partial charge in [-0.05, 0) is 17.7 Å². The zero-order chi connectivity index (χ0) is 21.1. The average Bonchev–Trinajstić information content (AvgIpc) is 3.39. The number of carbonyl (C=O) groups is 4. The molecule has 4 amide bonds. The van der Waals surface area contributed by atoms with E-state index in [1.807, 2.05) is 35.0 Å². The van der Waals surface area contributed by atoms with E-state index in [-0.39, 0.29) is 43.0 Å². The van der Waals surface area contributed by atoms with Crippen LogP contribution in [0.3, 0.4) is 0 Å². The minimum atomic E-state index is -0.293. The largest absolute Gasteiger partial charge is 0.338 e. The van der Waals surface area contributed by atoms with E-state index in [0.29, 0.717) is 38.3 Å². The molecular weight excluding hydrogens is 386 g/mol. The first kappa shape index (κ1) is 19.8. The van der Waals surface area contributed by atoms with Crippen molar-refractivity contribution in [2.45, 2.75) is 19.4 Å². The van der Waals surface area contributed by atoms with Crippen LogP contribution in [0.25, 0.3) is 0 Å². The van der Waals surface area contributed by atoms with Gasteiger partial charge in [-0.2, -0.15) is 0 Å². The summed E-state index contributed by atoms with van der Waals surface area (Å²) < 4.78 is 1.95. The number of benzene rings is 1. The lowest BCUT2D eigenvalue weighted by molar-refractivity contribution is -0.146. The normalized spacial score (nSPS) is 17.0. The number of imidazole rings is 1. The molecule has 0 aliphatic carbocycles. The van der Waals surface area contributed by atoms with Crippen LogP contribution in [0.4, 0.5) is 0 Å². The number of piperazine rings is 1. The fourth-order valence-corrected chi connectivity index (χ4v) is 3.72. The van der Waals surface area contributed by atoms with Crippen molar-refractivity contribution < 1.29 is 19.2 Å². The molecule has 2 saturated heterocycles. The fraction of sp³-hybridized carbons (Fsp3) is 0.381. The molecule has 156 valence electrons. The van der Waals surface area contributed by atoms with Crippen LogP contribution in [0.2, 0.25) is 0 Å². The first-order chi connectivity index (χ1) is 14.5. The highest BCUT2D eigenvalue weighted by Crippen LogP contribution is 2.14. The van der Waals surface area contributed by atoms with Gasteiger partial charge in [0.05, 0.1) is 6.33 Å². The van der Waals surface area contributed by atoms with Gasteiger partial charge in [-0.25, -0.2) is 4.98 Å². The molecule has 2 aromatic rings. The van der Waals surface area contributed by atoms with E-state index in [2.05, 4.69) is 4.98 Å². The summed E-state index contributed by atoms with van der Waals surface area (Å²) in [6, 6.07) is 7.49. The second-order valence-electron chi connectivity index (χ2n) is 7.48. The molecule has 0 N–H and O–H groups in total. The molecule has 0 saturated carbocycles. The molecular formula is C21H23N5O4. The predicted molar refractivity (Wildman–Crippen MR) is 106 cm³/mol. The van der Waals surface area contributed by atoms with E-state index in [1.165, 1.54) is 0 Å². The van der Waals surface area contributed by atoms with E-state index in [9.17, 15) is 19.2 Å². The van der Waals surface area contributed by atoms with Crippen LogP contribution < -0.4 is 0 Å². The summed E-state index contributed by atoms with van der Waals surface area (Å²) in [4.78, 5) is 57.0. The van der Waals surface area contributed by atoms with Crippen LogP contribution in [0.15, 0.2) is 43.0 Å². The second-order valence-corrected chi connectivity index (χ2v) is 7.48. The number of amides is 4. The Balaban J connectivity index is 1.29. The Bertz CT molecular complexity index is 930. The summed E-state index contributed by atoms with van der Waals surface area (Å²) in [6.07, 6.45) is 5.71. The summed E-state index contributed by atoms with van der Waals surface area (Å²) >= 11 is 0. The number of likely N-dealkylation sites (tertiary alicyclic amines) is 1. The predicted octanol–water partition coefficient (Wildman–Crippen LogP) is 0.365. The van der Waals surface area contributed by atoms with Crippen molar-refractivity contribution in [1.82, 2.24) is 24.3 Å². The lowest BCUT2D eigenvalue weighted by Gasteiger charge is -2.35. The Hall–Kier alpha value is -3.49. The lowest BCUT2D eigenvalue weighted by Crippen LogP contribution is -2.53. The molecule has 2 aliphatic heterocycles. The van der Waals surface area contributed by atoms with Crippen molar-refractivity contribution >= 4 is 23.6 Å². The zero-order valence-corrected chi connectivity index (χ0v) is 16.6. The standard InChI is InChI=1S/C21H23N5O4/c27-18-5-6-19(28)26(18)14-20(29)24-9-11-25(12-10-24)21(30)17-3-1-16(2-4-17)13-23-8-7-22-15-23/h1-4,7-8,15H,5-6,9-14H2. The number of aromatic nitrogens is 2. The van der Waals surface area contributed by atoms with Gasteiger partial charge in [-0.3, -0.25) is 24.1 Å². The van der Waals surface area contributed by atoms with Gasteiger partial charge in [0, 0.05) is 63.5 Å². The number of nitrogens with zero attached hydrogens (tertiary/aromatic N) is 5. The van der Waals surface area contributed by atoms with Gasteiger partial charge in [0.1, 0.15) is 6.54 Å². The monoisotopic (exact) mass is 409 g/mol. The summed E-state index contributed by atoms with van der Waals surface area (Å²) in [5.74, 6) is -0.909. The van der Waals surface area contributed by atoms with Crippen LogP contribution in [0.1, 0.15) is 28.8 Å². The average molecular weight is 409 g/mol. The maximum Gasteiger partial charge on any atom is 0.253 e. The van der Waals surface area contributed by atoms with Crippen LogP contribution in [-0.4, -0.2) is 80.6 Å². The second kappa shape index (κ2) is 8.48. The van der Waals surface area contributed by atoms with E-state index < -0.39 is 0 Å². The highest BCUT2D eigenvalue weighted by atomic mass is 16.2. The molecule has 30 heavy (non-hydrogen) atoms. The number of hydrogen-bond acceptors (Lipinski definition) is 5. The Labute approximate surface area is 173 Å². The molecule has 0 spiro atoms. The van der Waals surface area contributed by atoms with Crippen LogP contribution >= 0.6 is 0 Å². The summed E-state index contributed by atoms with van der Waals surface area (Å²) in [7, 11) is 0. The third-order valence-electron chi connectivity index (χ3n) is 5.49. The summed E-state index contributed by atoms with van der Waals surface area (Å²) in [6.45, 7) is 2.10. The van der Waals surface area contributed by atoms with E-state index in [1.54, 1.807) is 22.3 Å². The minimum absolute atomic E-state index is 0.0684. The molecule has 0 bridgehead atoms. The van der Waals surface area contributed by atoms with Gasteiger partial charge in [0.25, 0.3) is 5.91 Å². The van der Waals surface area contributed by atoms with Crippen molar-refractivity contribution in [2.24, 2.45) is 0 Å². The minimum Gasteiger partial charge on any atom is -0.338 e. The zero-order valence-electron chi connectivity index (χ0n) is 16.6. The highest BCUT2D eigenvalue weighted by molar-refractivity contribution is 6.04. The molecule has 1 aromatic heterocycles. The van der Waals surface area contributed by atoms with Gasteiger partial charge < -0.3 is 14.4 Å². The Morgan fingerprint density at radius 1 is 0.900 bits per heavy atom. The molecule has 0 unspecified atom stereocenters. The molecule has 2 aliphatic rings. The maximum absolute atomic E-state index is 12.8. The first-order valence-electron chi connectivity index (χ1n) is 9.96. The third kappa shape index (κ3) is 4.24. The van der Waals surface area contributed by atoms with Crippen LogP contribution in [0, 0.1) is 0 Å². The molecule has 2 fully saturated rings. The first-order valence-corrected chi connectivity index (χ1v) is 9.96. The summed E-state index contributed by atoms with van der Waals surface area (Å²) in [5, 5.41) is 0. The van der Waals surface area contributed by atoms with E-state index in [0.717, 1.165) is 10.5 Å². The fourth-order valence-electron chi connectivity index (χ4n) is 3.72. The van der Waals surface area contributed by atoms with Gasteiger partial charge in [-0.15, -0.1) is 0 Å². The lowest BCUT2D eigenvalue weighted by atomic mass is 10.1. The Kier molecular flexibility index (Phi) is 5.60. The van der Waals surface area contributed by atoms with Gasteiger partial charge in [0.2, 0.25) is 17.7 Å². The highest BCUT2D eigenvalue weighted by Gasteiger charge is 2.33. The molecule has 0 atom stereocenters. The van der Waals surface area contributed by atoms with Gasteiger partial charge >= 0.3 is 0 Å². The van der Waals surface area contributed by atoms with Crippen molar-refractivity contribution in [3.05, 3.63) is 54.1 Å². The number of hydrogen-bond donors (Lipinski definition) is 0. The number of rotatable bonds is 5. The van der Waals surface area contributed by atoms with Crippen molar-refractivity contribution in [3.63, 3.8) is 0 Å². The van der Waals surface area contributed by atoms with Crippen molar-refractivity contribution in [2.75, 3.05) is 32.7 Å². The number of imide groups is 1. The molecule has 9 heteroatoms. The summed E-state index contributed by atoms with van der Waals surface area (Å²) in [5.41, 5.74) is 1.68. The van der Waals surface area contributed by atoms with Crippen molar-refractivity contribution in [3.8, 4) is 0 Å². The SMILES string of the molecule is O=C(CN1C(=O)CCC1=O)N1CCN(C(=O)c2ccc(Cn3ccnc3)cc2)CC1. The third-order valence-corrected chi connectivity index (χ3v) is 5.49. The Morgan fingerprint density at radius 3 is 2.13 bits per heavy atom. The molecule has 9 nitrogen and oxygen atoms in total. The maximum atomic E-state index is 12.8. The number of carbonyl (C=O) groups excluding carboxylic acids is 4. The molecule has 3 heterocycles. The molecule has 4 rings (SSSR count). The molecule has 0 radical (unpaired) electrons. The van der Waals surface area contributed by atoms with Crippen LogP contribution in [-0.2, 0) is 20.9 Å². The topological polar surface area (TPSA) is 95.8 Å². The van der Waals surface area contributed by atoms with E-state index in [4.69, 9.17) is 0 Å². The van der Waals surface area contributed by atoms with E-state index >= 15 is 0 Å². The Morgan fingerprint density at radius 2 is 1.53 bits per heavy atom. The van der Waals surface area contributed by atoms with Gasteiger partial charge in [0.15, 0.2) is 0 Å². The smallest absolute Gasteiger partial charge is 0.253 e.